The van der Waals surface area contributed by atoms with Crippen molar-refractivity contribution in [2.75, 3.05) is 13.1 Å². The van der Waals surface area contributed by atoms with Crippen LogP contribution in [-0.4, -0.2) is 33.9 Å². The molecule has 1 aliphatic rings. The molecule has 0 radical (unpaired) electrons. The van der Waals surface area contributed by atoms with Gasteiger partial charge in [0, 0.05) is 30.2 Å². The molecule has 1 N–H and O–H groups in total. The van der Waals surface area contributed by atoms with Gasteiger partial charge in [0.1, 0.15) is 5.69 Å². The summed E-state index contributed by atoms with van der Waals surface area (Å²) in [6, 6.07) is 1.90. The summed E-state index contributed by atoms with van der Waals surface area (Å²) < 4.78 is 0. The second-order valence-corrected chi connectivity index (χ2v) is 5.62. The zero-order valence-electron chi connectivity index (χ0n) is 10.3. The average molecular weight is 261 g/mol. The number of amides is 1. The molecule has 0 unspecified atom stereocenters. The van der Waals surface area contributed by atoms with Crippen molar-refractivity contribution in [2.45, 2.75) is 19.8 Å². The van der Waals surface area contributed by atoms with Crippen LogP contribution in [0.1, 0.15) is 28.3 Å². The highest BCUT2D eigenvalue weighted by Gasteiger charge is 2.21. The van der Waals surface area contributed by atoms with Crippen molar-refractivity contribution < 1.29 is 4.79 Å². The predicted octanol–water partition coefficient (Wildman–Crippen LogP) is 2.68. The first-order valence-corrected chi connectivity index (χ1v) is 7.02. The predicted molar refractivity (Wildman–Crippen MR) is 71.8 cm³/mol. The van der Waals surface area contributed by atoms with Gasteiger partial charge < -0.3 is 9.88 Å². The quantitative estimate of drug-likeness (QED) is 0.903. The van der Waals surface area contributed by atoms with E-state index >= 15 is 0 Å². The van der Waals surface area contributed by atoms with Crippen molar-refractivity contribution in [1.82, 2.24) is 14.9 Å². The van der Waals surface area contributed by atoms with Gasteiger partial charge >= 0.3 is 0 Å². The van der Waals surface area contributed by atoms with Gasteiger partial charge in [-0.2, -0.15) is 0 Å². The first-order valence-electron chi connectivity index (χ1n) is 6.14. The maximum Gasteiger partial charge on any atom is 0.270 e. The summed E-state index contributed by atoms with van der Waals surface area (Å²) in [5.41, 5.74) is 2.59. The van der Waals surface area contributed by atoms with Crippen LogP contribution in [0.4, 0.5) is 0 Å². The van der Waals surface area contributed by atoms with Gasteiger partial charge in [-0.05, 0) is 25.8 Å². The molecular formula is C13H15N3OS. The highest BCUT2D eigenvalue weighted by molar-refractivity contribution is 7.09. The largest absolute Gasteiger partial charge is 0.357 e. The monoisotopic (exact) mass is 261 g/mol. The molecule has 1 saturated heterocycles. The highest BCUT2D eigenvalue weighted by Crippen LogP contribution is 2.23. The third-order valence-electron chi connectivity index (χ3n) is 3.22. The zero-order chi connectivity index (χ0) is 12.5. The molecule has 2 aromatic heterocycles. The molecule has 0 aliphatic carbocycles. The second-order valence-electron chi connectivity index (χ2n) is 4.55. The van der Waals surface area contributed by atoms with Crippen LogP contribution < -0.4 is 0 Å². The first kappa shape index (κ1) is 11.5. The number of thiazole rings is 1. The Balaban J connectivity index is 1.82. The topological polar surface area (TPSA) is 49.0 Å². The third kappa shape index (κ3) is 2.06. The zero-order valence-corrected chi connectivity index (χ0v) is 11.1. The average Bonchev–Trinajstić information content (AvgIpc) is 3.09. The van der Waals surface area contributed by atoms with E-state index in [0.29, 0.717) is 5.69 Å². The van der Waals surface area contributed by atoms with E-state index in [1.54, 1.807) is 11.3 Å². The minimum Gasteiger partial charge on any atom is -0.357 e. The highest BCUT2D eigenvalue weighted by atomic mass is 32.1. The maximum absolute atomic E-state index is 12.2. The molecule has 18 heavy (non-hydrogen) atoms. The van der Waals surface area contributed by atoms with Gasteiger partial charge in [0.25, 0.3) is 5.91 Å². The molecule has 4 nitrogen and oxygen atoms in total. The lowest BCUT2D eigenvalue weighted by molar-refractivity contribution is 0.0788. The van der Waals surface area contributed by atoms with Gasteiger partial charge in [0.2, 0.25) is 0 Å². The maximum atomic E-state index is 12.2. The van der Waals surface area contributed by atoms with E-state index in [1.807, 2.05) is 29.5 Å². The van der Waals surface area contributed by atoms with Crippen LogP contribution in [0.5, 0.6) is 0 Å². The second kappa shape index (κ2) is 4.57. The summed E-state index contributed by atoms with van der Waals surface area (Å²) in [5.74, 6) is 0.103. The molecule has 0 aromatic carbocycles. The van der Waals surface area contributed by atoms with Crippen LogP contribution in [-0.2, 0) is 0 Å². The van der Waals surface area contributed by atoms with E-state index < -0.39 is 0 Å². The number of hydrogen-bond donors (Lipinski definition) is 1. The van der Waals surface area contributed by atoms with Gasteiger partial charge in [-0.15, -0.1) is 11.3 Å². The van der Waals surface area contributed by atoms with Crippen molar-refractivity contribution in [3.05, 3.63) is 28.3 Å². The summed E-state index contributed by atoms with van der Waals surface area (Å²) in [4.78, 5) is 21.6. The Kier molecular flexibility index (Phi) is 2.91. The van der Waals surface area contributed by atoms with Gasteiger partial charge in [0.15, 0.2) is 0 Å². The van der Waals surface area contributed by atoms with Gasteiger partial charge in [-0.1, -0.05) is 0 Å². The van der Waals surface area contributed by atoms with Gasteiger partial charge in [-0.25, -0.2) is 4.98 Å². The number of carbonyl (C=O) groups excluding carboxylic acids is 1. The fourth-order valence-electron chi connectivity index (χ4n) is 2.25. The Labute approximate surface area is 110 Å². The molecule has 1 fully saturated rings. The lowest BCUT2D eigenvalue weighted by Gasteiger charge is -2.13. The van der Waals surface area contributed by atoms with Crippen molar-refractivity contribution >= 4 is 17.2 Å². The van der Waals surface area contributed by atoms with Gasteiger partial charge in [-0.3, -0.25) is 4.79 Å². The van der Waals surface area contributed by atoms with Crippen molar-refractivity contribution in [3.63, 3.8) is 0 Å². The molecular weight excluding hydrogens is 246 g/mol. The molecule has 0 bridgehead atoms. The van der Waals surface area contributed by atoms with Crippen LogP contribution in [0.25, 0.3) is 11.3 Å². The molecule has 3 heterocycles. The molecule has 0 spiro atoms. The number of nitrogens with zero attached hydrogens (tertiary/aromatic N) is 2. The number of aromatic nitrogens is 2. The van der Waals surface area contributed by atoms with Crippen LogP contribution in [0.3, 0.4) is 0 Å². The Morgan fingerprint density at radius 1 is 1.44 bits per heavy atom. The van der Waals surface area contributed by atoms with E-state index in [2.05, 4.69) is 9.97 Å². The van der Waals surface area contributed by atoms with E-state index in [4.69, 9.17) is 0 Å². The standard InChI is InChI=1S/C13H15N3OS/c1-9-15-12(8-18-9)10-6-11(14-7-10)13(17)16-4-2-3-5-16/h6-8,14H,2-5H2,1H3. The fourth-order valence-corrected chi connectivity index (χ4v) is 2.87. The van der Waals surface area contributed by atoms with Crippen molar-refractivity contribution in [2.24, 2.45) is 0 Å². The van der Waals surface area contributed by atoms with Crippen LogP contribution in [0.15, 0.2) is 17.6 Å². The summed E-state index contributed by atoms with van der Waals surface area (Å²) in [5, 5.41) is 3.06. The molecule has 0 saturated carbocycles. The van der Waals surface area contributed by atoms with Crippen LogP contribution in [0.2, 0.25) is 0 Å². The van der Waals surface area contributed by atoms with Crippen molar-refractivity contribution in [3.8, 4) is 11.3 Å². The first-order chi connectivity index (χ1) is 8.74. The Bertz CT molecular complexity index is 566. The van der Waals surface area contributed by atoms with E-state index in [0.717, 1.165) is 42.2 Å². The SMILES string of the molecule is Cc1nc(-c2c[nH]c(C(=O)N3CCCC3)c2)cs1. The number of likely N-dealkylation sites (tertiary alicyclic amines) is 1. The molecule has 1 amide bonds. The Hall–Kier alpha value is -1.62. The number of rotatable bonds is 2. The molecule has 2 aromatic rings. The van der Waals surface area contributed by atoms with Crippen molar-refractivity contribution in [1.29, 1.82) is 0 Å². The van der Waals surface area contributed by atoms with E-state index in [1.165, 1.54) is 0 Å². The number of aromatic amines is 1. The fraction of sp³-hybridized carbons (Fsp3) is 0.385. The summed E-state index contributed by atoms with van der Waals surface area (Å²) >= 11 is 1.62. The molecule has 1 aliphatic heterocycles. The minimum absolute atomic E-state index is 0.103. The van der Waals surface area contributed by atoms with Gasteiger partial charge in [0.05, 0.1) is 10.7 Å². The minimum atomic E-state index is 0.103. The summed E-state index contributed by atoms with van der Waals surface area (Å²) in [6.45, 7) is 3.74. The number of carbonyl (C=O) groups is 1. The number of hydrogen-bond acceptors (Lipinski definition) is 3. The Morgan fingerprint density at radius 3 is 2.89 bits per heavy atom. The van der Waals surface area contributed by atoms with E-state index in [-0.39, 0.29) is 5.91 Å². The van der Waals surface area contributed by atoms with Crippen LogP contribution >= 0.6 is 11.3 Å². The lowest BCUT2D eigenvalue weighted by atomic mass is 10.2. The lowest BCUT2D eigenvalue weighted by Crippen LogP contribution is -2.27. The normalized spacial score (nSPS) is 15.3. The van der Waals surface area contributed by atoms with E-state index in [9.17, 15) is 4.79 Å². The molecule has 3 rings (SSSR count). The van der Waals surface area contributed by atoms with Crippen LogP contribution in [0, 0.1) is 6.92 Å². The Morgan fingerprint density at radius 2 is 2.22 bits per heavy atom. The number of nitrogens with one attached hydrogen (secondary N) is 1. The molecule has 5 heteroatoms. The number of H-pyrrole nitrogens is 1. The third-order valence-corrected chi connectivity index (χ3v) is 3.99. The summed E-state index contributed by atoms with van der Waals surface area (Å²) in [6.07, 6.45) is 4.09. The summed E-state index contributed by atoms with van der Waals surface area (Å²) in [7, 11) is 0. The molecule has 0 atom stereocenters. The number of aryl methyl sites for hydroxylation is 1. The molecule has 94 valence electrons. The smallest absolute Gasteiger partial charge is 0.270 e.